The number of benzene rings is 1. The molecule has 0 aliphatic carbocycles. The molecular weight excluding hydrogens is 598 g/mol. The molecule has 2 aromatic rings. The molecule has 1 aromatic carbocycles. The van der Waals surface area contributed by atoms with Crippen molar-refractivity contribution in [3.8, 4) is 0 Å². The van der Waals surface area contributed by atoms with E-state index < -0.39 is 65.9 Å². The van der Waals surface area contributed by atoms with Gasteiger partial charge in [0.1, 0.15) is 24.2 Å². The molecule has 4 amide bonds. The lowest BCUT2D eigenvalue weighted by Crippen LogP contribution is -2.60. The average Bonchev–Trinajstić information content (AvgIpc) is 3.38. The molecule has 6 atom stereocenters. The van der Waals surface area contributed by atoms with Gasteiger partial charge in [-0.15, -0.1) is 0 Å². The smallest absolute Gasteiger partial charge is 0.326 e. The maximum atomic E-state index is 13.3. The van der Waals surface area contributed by atoms with E-state index in [9.17, 15) is 34.2 Å². The molecule has 1 aromatic heterocycles. The first-order valence-electron chi connectivity index (χ1n) is 15.1. The number of carbonyl (C=O) groups is 5. The third-order valence-electron chi connectivity index (χ3n) is 7.17. The number of hydrogen-bond donors (Lipinski definition) is 10. The van der Waals surface area contributed by atoms with E-state index in [1.165, 1.54) is 13.8 Å². The molecule has 254 valence electrons. The van der Waals surface area contributed by atoms with Gasteiger partial charge in [0.2, 0.25) is 23.6 Å². The first-order valence-corrected chi connectivity index (χ1v) is 15.1. The van der Waals surface area contributed by atoms with Gasteiger partial charge >= 0.3 is 5.97 Å². The van der Waals surface area contributed by atoms with Gasteiger partial charge in [0.15, 0.2) is 5.96 Å². The standard InChI is InChI=1S/C30H47N9O7/c1-15(2)12-23(27(43)36-16(3)25(41)37-22(29(45)46)10-7-11-34-30(32)33)38-28(44)24(17(4)40)39-26(42)20(31)13-18-14-35-21-9-6-5-8-19(18)21/h5-6,8-9,14-17,20,22-24,35,40H,7,10-13,31H2,1-4H3,(H,36,43)(H,37,41)(H,38,44)(H,39,42)(H,45,46)(H4,32,33,34)/t16-,17+,20-,22-,23-,24-/m0/s1. The summed E-state index contributed by atoms with van der Waals surface area (Å²) in [7, 11) is 0. The zero-order valence-corrected chi connectivity index (χ0v) is 26.6. The number of carboxylic acids is 1. The van der Waals surface area contributed by atoms with Crippen molar-refractivity contribution in [3.63, 3.8) is 0 Å². The highest BCUT2D eigenvalue weighted by Crippen LogP contribution is 2.19. The summed E-state index contributed by atoms with van der Waals surface area (Å²) in [4.78, 5) is 70.7. The molecule has 16 nitrogen and oxygen atoms in total. The normalized spacial score (nSPS) is 15.1. The van der Waals surface area contributed by atoms with Crippen molar-refractivity contribution in [2.24, 2.45) is 28.1 Å². The maximum Gasteiger partial charge on any atom is 0.326 e. The first kappa shape index (κ1) is 37.5. The second-order valence-electron chi connectivity index (χ2n) is 11.7. The van der Waals surface area contributed by atoms with Crippen LogP contribution in [0.25, 0.3) is 10.9 Å². The van der Waals surface area contributed by atoms with Crippen LogP contribution < -0.4 is 38.5 Å². The van der Waals surface area contributed by atoms with Crippen LogP contribution in [0.4, 0.5) is 0 Å². The van der Waals surface area contributed by atoms with Gasteiger partial charge in [-0.2, -0.15) is 0 Å². The minimum Gasteiger partial charge on any atom is -0.480 e. The van der Waals surface area contributed by atoms with Gasteiger partial charge in [-0.05, 0) is 57.1 Å². The van der Waals surface area contributed by atoms with E-state index in [0.29, 0.717) is 0 Å². The number of nitrogens with zero attached hydrogens (tertiary/aromatic N) is 1. The molecule has 2 rings (SSSR count). The molecule has 13 N–H and O–H groups in total. The lowest BCUT2D eigenvalue weighted by molar-refractivity contribution is -0.142. The SMILES string of the molecule is CC(C)C[C@H](NC(=O)[C@@H](NC(=O)[C@@H](N)Cc1c[nH]c2ccccc12)[C@@H](C)O)C(=O)N[C@@H](C)C(=O)N[C@@H](CCCN=C(N)N)C(=O)O. The van der Waals surface area contributed by atoms with E-state index in [1.54, 1.807) is 6.20 Å². The molecule has 0 bridgehead atoms. The quantitative estimate of drug-likeness (QED) is 0.0512. The Morgan fingerprint density at radius 2 is 1.54 bits per heavy atom. The first-order chi connectivity index (χ1) is 21.6. The van der Waals surface area contributed by atoms with E-state index in [1.807, 2.05) is 38.1 Å². The Kier molecular flexibility index (Phi) is 14.4. The number of aromatic amines is 1. The van der Waals surface area contributed by atoms with Gasteiger partial charge in [0.05, 0.1) is 12.1 Å². The number of para-hydroxylation sites is 1. The summed E-state index contributed by atoms with van der Waals surface area (Å²) in [5, 5.41) is 30.7. The van der Waals surface area contributed by atoms with E-state index >= 15 is 0 Å². The van der Waals surface area contributed by atoms with E-state index in [0.717, 1.165) is 16.5 Å². The van der Waals surface area contributed by atoms with E-state index in [-0.39, 0.29) is 44.1 Å². The van der Waals surface area contributed by atoms with Gasteiger partial charge in [0.25, 0.3) is 0 Å². The Hall–Kier alpha value is -4.70. The van der Waals surface area contributed by atoms with Gasteiger partial charge in [-0.1, -0.05) is 32.0 Å². The third-order valence-corrected chi connectivity index (χ3v) is 7.17. The number of rotatable bonds is 18. The van der Waals surface area contributed by atoms with Gasteiger partial charge in [-0.25, -0.2) is 4.79 Å². The molecule has 16 heteroatoms. The largest absolute Gasteiger partial charge is 0.480 e. The number of carbonyl (C=O) groups excluding carboxylic acids is 4. The van der Waals surface area contributed by atoms with Crippen molar-refractivity contribution in [3.05, 3.63) is 36.0 Å². The third kappa shape index (κ3) is 11.7. The van der Waals surface area contributed by atoms with Crippen LogP contribution in [0.5, 0.6) is 0 Å². The van der Waals surface area contributed by atoms with Crippen LogP contribution in [0, 0.1) is 5.92 Å². The number of aliphatic carboxylic acids is 1. The molecule has 1 heterocycles. The molecule has 0 saturated carbocycles. The second-order valence-corrected chi connectivity index (χ2v) is 11.7. The molecule has 46 heavy (non-hydrogen) atoms. The number of hydrogen-bond acceptors (Lipinski definition) is 8. The fourth-order valence-corrected chi connectivity index (χ4v) is 4.70. The highest BCUT2D eigenvalue weighted by Gasteiger charge is 2.33. The highest BCUT2D eigenvalue weighted by atomic mass is 16.4. The minimum atomic E-state index is -1.43. The van der Waals surface area contributed by atoms with Crippen LogP contribution in [-0.4, -0.2) is 93.6 Å². The van der Waals surface area contributed by atoms with Gasteiger partial charge in [0, 0.05) is 23.6 Å². The van der Waals surface area contributed by atoms with Crippen molar-refractivity contribution < 1.29 is 34.2 Å². The monoisotopic (exact) mass is 645 g/mol. The van der Waals surface area contributed by atoms with Crippen LogP contribution in [-0.2, 0) is 30.4 Å². The van der Waals surface area contributed by atoms with Crippen molar-refractivity contribution in [2.45, 2.75) is 89.7 Å². The van der Waals surface area contributed by atoms with Crippen molar-refractivity contribution >= 4 is 46.5 Å². The topological polar surface area (TPSA) is 280 Å². The summed E-state index contributed by atoms with van der Waals surface area (Å²) in [6, 6.07) is 1.50. The zero-order chi connectivity index (χ0) is 34.6. The zero-order valence-electron chi connectivity index (χ0n) is 26.6. The number of aliphatic imine (C=N–C) groups is 1. The summed E-state index contributed by atoms with van der Waals surface area (Å²) in [6.45, 7) is 6.50. The number of guanidine groups is 1. The molecule has 0 radical (unpaired) electrons. The summed E-state index contributed by atoms with van der Waals surface area (Å²) in [5.41, 5.74) is 18.4. The molecule has 0 unspecified atom stereocenters. The van der Waals surface area contributed by atoms with E-state index in [2.05, 4.69) is 31.2 Å². The Morgan fingerprint density at radius 3 is 2.15 bits per heavy atom. The average molecular weight is 646 g/mol. The van der Waals surface area contributed by atoms with Crippen LogP contribution in [0.15, 0.2) is 35.5 Å². The van der Waals surface area contributed by atoms with Crippen molar-refractivity contribution in [2.75, 3.05) is 6.54 Å². The summed E-state index contributed by atoms with van der Waals surface area (Å²) in [6.07, 6.45) is 1.08. The number of nitrogens with one attached hydrogen (secondary N) is 5. The molecular formula is C30H47N9O7. The molecule has 0 aliphatic heterocycles. The second kappa shape index (κ2) is 17.7. The number of amides is 4. The lowest BCUT2D eigenvalue weighted by atomic mass is 10.0. The Bertz CT molecular complexity index is 1390. The van der Waals surface area contributed by atoms with Crippen LogP contribution in [0.1, 0.15) is 52.5 Å². The predicted octanol–water partition coefficient (Wildman–Crippen LogP) is -1.44. The Balaban J connectivity index is 2.04. The predicted molar refractivity (Wildman–Crippen MR) is 172 cm³/mol. The number of aliphatic hydroxyl groups is 1. The maximum absolute atomic E-state index is 13.3. The molecule has 0 spiro atoms. The van der Waals surface area contributed by atoms with Crippen LogP contribution >= 0.6 is 0 Å². The number of aliphatic hydroxyl groups excluding tert-OH is 1. The molecule has 0 fully saturated rings. The minimum absolute atomic E-state index is 0.0441. The van der Waals surface area contributed by atoms with E-state index in [4.69, 9.17) is 17.2 Å². The van der Waals surface area contributed by atoms with Crippen LogP contribution in [0.3, 0.4) is 0 Å². The highest BCUT2D eigenvalue weighted by molar-refractivity contribution is 5.95. The van der Waals surface area contributed by atoms with Crippen LogP contribution in [0.2, 0.25) is 0 Å². The van der Waals surface area contributed by atoms with Crippen molar-refractivity contribution in [1.29, 1.82) is 0 Å². The van der Waals surface area contributed by atoms with Crippen molar-refractivity contribution in [1.82, 2.24) is 26.3 Å². The fourth-order valence-electron chi connectivity index (χ4n) is 4.70. The Morgan fingerprint density at radius 1 is 0.891 bits per heavy atom. The van der Waals surface area contributed by atoms with Gasteiger partial charge in [-0.3, -0.25) is 24.2 Å². The van der Waals surface area contributed by atoms with Gasteiger partial charge < -0.3 is 53.7 Å². The fraction of sp³-hybridized carbons (Fsp3) is 0.533. The lowest BCUT2D eigenvalue weighted by Gasteiger charge is -2.27. The number of aromatic nitrogens is 1. The number of fused-ring (bicyclic) bond motifs is 1. The number of nitrogens with two attached hydrogens (primary N) is 3. The number of H-pyrrole nitrogens is 1. The Labute approximate surface area is 267 Å². The molecule has 0 saturated heterocycles. The summed E-state index contributed by atoms with van der Waals surface area (Å²) < 4.78 is 0. The molecule has 0 aliphatic rings. The summed E-state index contributed by atoms with van der Waals surface area (Å²) in [5.74, 6) is -4.45. The summed E-state index contributed by atoms with van der Waals surface area (Å²) >= 11 is 0. The number of carboxylic acid groups (broad SMARTS) is 1.